The van der Waals surface area contributed by atoms with Crippen LogP contribution in [0.15, 0.2) is 18.5 Å². The van der Waals surface area contributed by atoms with Crippen molar-refractivity contribution in [2.45, 2.75) is 37.7 Å². The van der Waals surface area contributed by atoms with Gasteiger partial charge in [-0.2, -0.15) is 0 Å². The molecule has 0 spiro atoms. The number of anilines is 1. The Kier molecular flexibility index (Phi) is 4.54. The van der Waals surface area contributed by atoms with Crippen LogP contribution in [-0.2, 0) is 4.79 Å². The lowest BCUT2D eigenvalue weighted by Gasteiger charge is -2.37. The molecule has 3 rings (SSSR count). The van der Waals surface area contributed by atoms with E-state index in [0.717, 1.165) is 44.5 Å². The summed E-state index contributed by atoms with van der Waals surface area (Å²) in [6.07, 6.45) is 7.20. The normalized spacial score (nSPS) is 21.2. The zero-order chi connectivity index (χ0) is 15.6. The number of pyridine rings is 1. The molecular formula is C16H22ClN3O2. The van der Waals surface area contributed by atoms with Crippen molar-refractivity contribution in [3.05, 3.63) is 23.5 Å². The Morgan fingerprint density at radius 3 is 2.59 bits per heavy atom. The van der Waals surface area contributed by atoms with Crippen LogP contribution in [0.4, 0.5) is 5.69 Å². The van der Waals surface area contributed by atoms with Crippen molar-refractivity contribution in [2.24, 2.45) is 0 Å². The number of aliphatic hydroxyl groups is 1. The number of nitrogens with zero attached hydrogens (tertiary/aromatic N) is 3. The van der Waals surface area contributed by atoms with Crippen LogP contribution in [-0.4, -0.2) is 52.7 Å². The quantitative estimate of drug-likeness (QED) is 0.925. The first kappa shape index (κ1) is 15.6. The molecule has 1 aliphatic carbocycles. The number of hydrogen-bond donors (Lipinski definition) is 1. The third-order valence-electron chi connectivity index (χ3n) is 4.74. The van der Waals surface area contributed by atoms with Gasteiger partial charge in [0, 0.05) is 38.6 Å². The van der Waals surface area contributed by atoms with Crippen LogP contribution in [0.25, 0.3) is 0 Å². The topological polar surface area (TPSA) is 56.7 Å². The number of piperazine rings is 1. The van der Waals surface area contributed by atoms with Crippen LogP contribution in [0.3, 0.4) is 0 Å². The standard InChI is InChI=1S/C16H22ClN3O2/c17-13-12-18-6-3-14(13)19-7-9-20(10-8-19)15(21)11-16(22)4-1-2-5-16/h3,6,12,22H,1-2,4-5,7-11H2. The summed E-state index contributed by atoms with van der Waals surface area (Å²) in [5.41, 5.74) is 0.209. The van der Waals surface area contributed by atoms with Gasteiger partial charge in [0.15, 0.2) is 0 Å². The second-order valence-corrected chi connectivity index (χ2v) is 6.71. The van der Waals surface area contributed by atoms with E-state index in [0.29, 0.717) is 18.1 Å². The monoisotopic (exact) mass is 323 g/mol. The third kappa shape index (κ3) is 3.36. The third-order valence-corrected chi connectivity index (χ3v) is 5.03. The Labute approximate surface area is 135 Å². The molecular weight excluding hydrogens is 302 g/mol. The zero-order valence-corrected chi connectivity index (χ0v) is 13.4. The highest BCUT2D eigenvalue weighted by Gasteiger charge is 2.35. The van der Waals surface area contributed by atoms with Gasteiger partial charge in [-0.1, -0.05) is 24.4 Å². The molecule has 2 aliphatic rings. The summed E-state index contributed by atoms with van der Waals surface area (Å²) in [7, 11) is 0. The highest BCUT2D eigenvalue weighted by Crippen LogP contribution is 2.33. The summed E-state index contributed by atoms with van der Waals surface area (Å²) in [4.78, 5) is 20.4. The molecule has 0 atom stereocenters. The van der Waals surface area contributed by atoms with E-state index in [4.69, 9.17) is 11.6 Å². The maximum Gasteiger partial charge on any atom is 0.225 e. The van der Waals surface area contributed by atoms with E-state index in [9.17, 15) is 9.90 Å². The second kappa shape index (κ2) is 6.42. The zero-order valence-electron chi connectivity index (χ0n) is 12.7. The van der Waals surface area contributed by atoms with Crippen LogP contribution in [0.5, 0.6) is 0 Å². The minimum atomic E-state index is -0.761. The molecule has 0 aromatic carbocycles. The van der Waals surface area contributed by atoms with E-state index in [1.807, 2.05) is 11.0 Å². The Morgan fingerprint density at radius 1 is 1.27 bits per heavy atom. The Balaban J connectivity index is 1.55. The molecule has 1 amide bonds. The van der Waals surface area contributed by atoms with Crippen LogP contribution >= 0.6 is 11.6 Å². The van der Waals surface area contributed by atoms with Crippen molar-refractivity contribution in [1.29, 1.82) is 0 Å². The summed E-state index contributed by atoms with van der Waals surface area (Å²) in [5.74, 6) is 0.0740. The highest BCUT2D eigenvalue weighted by molar-refractivity contribution is 6.33. The molecule has 0 unspecified atom stereocenters. The first-order chi connectivity index (χ1) is 10.6. The second-order valence-electron chi connectivity index (χ2n) is 6.30. The molecule has 0 radical (unpaired) electrons. The molecule has 0 bridgehead atoms. The summed E-state index contributed by atoms with van der Waals surface area (Å²) < 4.78 is 0. The van der Waals surface area contributed by atoms with Gasteiger partial charge in [0.1, 0.15) is 0 Å². The fraction of sp³-hybridized carbons (Fsp3) is 0.625. The number of halogens is 1. The van der Waals surface area contributed by atoms with Gasteiger partial charge < -0.3 is 14.9 Å². The largest absolute Gasteiger partial charge is 0.389 e. The smallest absolute Gasteiger partial charge is 0.225 e. The van der Waals surface area contributed by atoms with Crippen LogP contribution in [0.1, 0.15) is 32.1 Å². The molecule has 1 N–H and O–H groups in total. The van der Waals surface area contributed by atoms with E-state index in [-0.39, 0.29) is 12.3 Å². The molecule has 1 aliphatic heterocycles. The van der Waals surface area contributed by atoms with E-state index in [2.05, 4.69) is 9.88 Å². The SMILES string of the molecule is O=C(CC1(O)CCCC1)N1CCN(c2ccncc2Cl)CC1. The van der Waals surface area contributed by atoms with Gasteiger partial charge in [0.25, 0.3) is 0 Å². The molecule has 6 heteroatoms. The minimum Gasteiger partial charge on any atom is -0.389 e. The Bertz CT molecular complexity index is 538. The number of aromatic nitrogens is 1. The fourth-order valence-electron chi connectivity index (χ4n) is 3.42. The van der Waals surface area contributed by atoms with Crippen LogP contribution in [0.2, 0.25) is 5.02 Å². The lowest BCUT2D eigenvalue weighted by atomic mass is 9.97. The van der Waals surface area contributed by atoms with Gasteiger partial charge in [-0.25, -0.2) is 0 Å². The van der Waals surface area contributed by atoms with E-state index in [1.54, 1.807) is 12.4 Å². The number of rotatable bonds is 3. The number of amides is 1. The lowest BCUT2D eigenvalue weighted by Crippen LogP contribution is -2.50. The molecule has 2 fully saturated rings. The van der Waals surface area contributed by atoms with Gasteiger partial charge in [0.05, 0.1) is 22.7 Å². The van der Waals surface area contributed by atoms with Crippen molar-refractivity contribution in [3.63, 3.8) is 0 Å². The van der Waals surface area contributed by atoms with Gasteiger partial charge in [-0.3, -0.25) is 9.78 Å². The number of hydrogen-bond acceptors (Lipinski definition) is 4. The highest BCUT2D eigenvalue weighted by atomic mass is 35.5. The maximum atomic E-state index is 12.4. The molecule has 5 nitrogen and oxygen atoms in total. The minimum absolute atomic E-state index is 0.0740. The van der Waals surface area contributed by atoms with Crippen molar-refractivity contribution >= 4 is 23.2 Å². The molecule has 1 aromatic rings. The van der Waals surface area contributed by atoms with Gasteiger partial charge >= 0.3 is 0 Å². The van der Waals surface area contributed by atoms with Crippen molar-refractivity contribution in [3.8, 4) is 0 Å². The maximum absolute atomic E-state index is 12.4. The summed E-state index contributed by atoms with van der Waals surface area (Å²) in [6.45, 7) is 2.86. The van der Waals surface area contributed by atoms with Crippen molar-refractivity contribution in [2.75, 3.05) is 31.1 Å². The van der Waals surface area contributed by atoms with Crippen LogP contribution < -0.4 is 4.90 Å². The average molecular weight is 324 g/mol. The predicted octanol–water partition coefficient (Wildman–Crippen LogP) is 2.08. The van der Waals surface area contributed by atoms with Gasteiger partial charge in [-0.05, 0) is 18.9 Å². The first-order valence-corrected chi connectivity index (χ1v) is 8.30. The molecule has 1 aromatic heterocycles. The summed E-state index contributed by atoms with van der Waals surface area (Å²) in [5, 5.41) is 11.0. The number of carbonyl (C=O) groups is 1. The van der Waals surface area contributed by atoms with E-state index in [1.165, 1.54) is 0 Å². The van der Waals surface area contributed by atoms with Crippen molar-refractivity contribution in [1.82, 2.24) is 9.88 Å². The average Bonchev–Trinajstić information content (AvgIpc) is 2.94. The van der Waals surface area contributed by atoms with E-state index >= 15 is 0 Å². The summed E-state index contributed by atoms with van der Waals surface area (Å²) >= 11 is 6.17. The molecule has 1 saturated heterocycles. The van der Waals surface area contributed by atoms with Crippen molar-refractivity contribution < 1.29 is 9.90 Å². The molecule has 2 heterocycles. The number of carbonyl (C=O) groups excluding carboxylic acids is 1. The van der Waals surface area contributed by atoms with Gasteiger partial charge in [-0.15, -0.1) is 0 Å². The summed E-state index contributed by atoms with van der Waals surface area (Å²) in [6, 6.07) is 1.90. The Morgan fingerprint density at radius 2 is 1.95 bits per heavy atom. The lowest BCUT2D eigenvalue weighted by molar-refractivity contribution is -0.136. The molecule has 22 heavy (non-hydrogen) atoms. The first-order valence-electron chi connectivity index (χ1n) is 7.92. The Hall–Kier alpha value is -1.33. The van der Waals surface area contributed by atoms with E-state index < -0.39 is 5.60 Å². The van der Waals surface area contributed by atoms with Gasteiger partial charge in [0.2, 0.25) is 5.91 Å². The van der Waals surface area contributed by atoms with Crippen LogP contribution in [0, 0.1) is 0 Å². The predicted molar refractivity (Wildman–Crippen MR) is 86.1 cm³/mol. The fourth-order valence-corrected chi connectivity index (χ4v) is 3.66. The molecule has 1 saturated carbocycles. The molecule has 120 valence electrons.